The number of hydrogen-bond donors (Lipinski definition) is 1. The molecular formula is C14H17ClN2S. The lowest BCUT2D eigenvalue weighted by Gasteiger charge is -2.20. The minimum atomic E-state index is 0.291. The molecule has 1 N–H and O–H groups in total. The van der Waals surface area contributed by atoms with E-state index in [1.807, 2.05) is 17.6 Å². The maximum atomic E-state index is 5.90. The number of aryl methyl sites for hydroxylation is 1. The summed E-state index contributed by atoms with van der Waals surface area (Å²) in [6, 6.07) is 8.58. The third-order valence-electron chi connectivity index (χ3n) is 3.05. The first-order valence-electron chi connectivity index (χ1n) is 5.99. The molecule has 1 heterocycles. The Bertz CT molecular complexity index is 507. The average Bonchev–Trinajstić information content (AvgIpc) is 2.76. The van der Waals surface area contributed by atoms with Gasteiger partial charge in [0.1, 0.15) is 0 Å². The summed E-state index contributed by atoms with van der Waals surface area (Å²) in [5, 5.41) is 4.36. The maximum Gasteiger partial charge on any atom is 0.0798 e. The molecule has 4 heteroatoms. The number of nitrogens with one attached hydrogen (secondary N) is 1. The molecule has 1 aromatic carbocycles. The Labute approximate surface area is 117 Å². The Morgan fingerprint density at radius 2 is 1.83 bits per heavy atom. The van der Waals surface area contributed by atoms with E-state index in [-0.39, 0.29) is 0 Å². The van der Waals surface area contributed by atoms with Gasteiger partial charge in [0.05, 0.1) is 11.2 Å². The van der Waals surface area contributed by atoms with Gasteiger partial charge in [-0.2, -0.15) is 0 Å². The Balaban J connectivity index is 2.05. The van der Waals surface area contributed by atoms with E-state index in [9.17, 15) is 0 Å². The molecular weight excluding hydrogens is 264 g/mol. The highest BCUT2D eigenvalue weighted by molar-refractivity contribution is 7.09. The summed E-state index contributed by atoms with van der Waals surface area (Å²) < 4.78 is 0. The van der Waals surface area contributed by atoms with Crippen LogP contribution in [-0.2, 0) is 0 Å². The molecule has 0 amide bonds. The highest BCUT2D eigenvalue weighted by atomic mass is 35.5. The van der Waals surface area contributed by atoms with Gasteiger partial charge in [0.15, 0.2) is 0 Å². The topological polar surface area (TPSA) is 24.9 Å². The van der Waals surface area contributed by atoms with E-state index >= 15 is 0 Å². The van der Waals surface area contributed by atoms with Gasteiger partial charge in [0.25, 0.3) is 0 Å². The quantitative estimate of drug-likeness (QED) is 0.891. The lowest BCUT2D eigenvalue weighted by atomic mass is 10.1. The molecule has 96 valence electrons. The molecule has 2 aromatic rings. The van der Waals surface area contributed by atoms with Crippen LogP contribution in [0.5, 0.6) is 0 Å². The van der Waals surface area contributed by atoms with Crippen molar-refractivity contribution in [1.82, 2.24) is 10.3 Å². The van der Waals surface area contributed by atoms with Gasteiger partial charge >= 0.3 is 0 Å². The highest BCUT2D eigenvalue weighted by Crippen LogP contribution is 2.25. The number of benzene rings is 1. The summed E-state index contributed by atoms with van der Waals surface area (Å²) in [7, 11) is 0. The first kappa shape index (κ1) is 13.5. The highest BCUT2D eigenvalue weighted by Gasteiger charge is 2.14. The molecule has 2 nitrogen and oxygen atoms in total. The van der Waals surface area contributed by atoms with Crippen molar-refractivity contribution >= 4 is 22.9 Å². The van der Waals surface area contributed by atoms with Gasteiger partial charge in [-0.15, -0.1) is 11.3 Å². The van der Waals surface area contributed by atoms with Crippen molar-refractivity contribution in [2.24, 2.45) is 0 Å². The van der Waals surface area contributed by atoms with Gasteiger partial charge in [-0.25, -0.2) is 4.98 Å². The van der Waals surface area contributed by atoms with Crippen LogP contribution in [0, 0.1) is 6.92 Å². The second-order valence-corrected chi connectivity index (χ2v) is 5.79. The van der Waals surface area contributed by atoms with Crippen molar-refractivity contribution in [1.29, 1.82) is 0 Å². The molecule has 0 fully saturated rings. The summed E-state index contributed by atoms with van der Waals surface area (Å²) in [4.78, 5) is 5.59. The zero-order valence-electron chi connectivity index (χ0n) is 10.8. The van der Waals surface area contributed by atoms with Crippen molar-refractivity contribution in [3.63, 3.8) is 0 Å². The van der Waals surface area contributed by atoms with Gasteiger partial charge in [-0.3, -0.25) is 0 Å². The summed E-state index contributed by atoms with van der Waals surface area (Å²) in [5.74, 6) is 0. The molecule has 0 radical (unpaired) electrons. The zero-order chi connectivity index (χ0) is 13.1. The lowest BCUT2D eigenvalue weighted by Crippen LogP contribution is -2.22. The fourth-order valence-corrected chi connectivity index (χ4v) is 2.97. The molecule has 0 saturated carbocycles. The van der Waals surface area contributed by atoms with E-state index in [1.165, 1.54) is 10.4 Å². The molecule has 1 unspecified atom stereocenters. The number of halogens is 1. The second-order valence-electron chi connectivity index (χ2n) is 4.46. The minimum absolute atomic E-state index is 0.291. The third-order valence-corrected chi connectivity index (χ3v) is 4.41. The summed E-state index contributed by atoms with van der Waals surface area (Å²) in [6.45, 7) is 6.39. The number of hydrogen-bond acceptors (Lipinski definition) is 3. The molecule has 2 atom stereocenters. The number of aromatic nitrogens is 1. The van der Waals surface area contributed by atoms with Crippen LogP contribution in [0.1, 0.15) is 42.1 Å². The predicted molar refractivity (Wildman–Crippen MR) is 78.3 cm³/mol. The molecule has 2 rings (SSSR count). The maximum absolute atomic E-state index is 5.90. The van der Waals surface area contributed by atoms with Crippen LogP contribution in [-0.4, -0.2) is 4.98 Å². The number of nitrogens with zero attached hydrogens (tertiary/aromatic N) is 1. The van der Waals surface area contributed by atoms with Crippen LogP contribution in [0.4, 0.5) is 0 Å². The van der Waals surface area contributed by atoms with Crippen LogP contribution in [0.2, 0.25) is 5.02 Å². The van der Waals surface area contributed by atoms with Gasteiger partial charge in [-0.05, 0) is 38.5 Å². The van der Waals surface area contributed by atoms with Gasteiger partial charge < -0.3 is 5.32 Å². The van der Waals surface area contributed by atoms with E-state index in [0.29, 0.717) is 12.1 Å². The monoisotopic (exact) mass is 280 g/mol. The summed E-state index contributed by atoms with van der Waals surface area (Å²) in [5.41, 5.74) is 4.26. The second kappa shape index (κ2) is 5.83. The van der Waals surface area contributed by atoms with E-state index < -0.39 is 0 Å². The van der Waals surface area contributed by atoms with Crippen molar-refractivity contribution in [2.75, 3.05) is 0 Å². The molecule has 0 saturated heterocycles. The molecule has 18 heavy (non-hydrogen) atoms. The lowest BCUT2D eigenvalue weighted by molar-refractivity contribution is 0.498. The Hall–Kier alpha value is -0.900. The Kier molecular flexibility index (Phi) is 4.38. The fourth-order valence-electron chi connectivity index (χ4n) is 2.02. The standard InChI is InChI=1S/C14H17ClN2S/c1-9(12-4-6-13(15)7-5-12)17-11(3)14-10(2)16-8-18-14/h4-9,11,17H,1-3H3/t9-,11?/m0/s1. The number of thiazole rings is 1. The summed E-state index contributed by atoms with van der Waals surface area (Å²) in [6.07, 6.45) is 0. The van der Waals surface area contributed by atoms with Crippen LogP contribution >= 0.6 is 22.9 Å². The Morgan fingerprint density at radius 3 is 2.39 bits per heavy atom. The van der Waals surface area contributed by atoms with E-state index in [2.05, 4.69) is 43.2 Å². The van der Waals surface area contributed by atoms with Gasteiger partial charge in [0, 0.05) is 22.0 Å². The van der Waals surface area contributed by atoms with Crippen molar-refractivity contribution in [2.45, 2.75) is 32.9 Å². The van der Waals surface area contributed by atoms with Crippen LogP contribution in [0.3, 0.4) is 0 Å². The first-order valence-corrected chi connectivity index (χ1v) is 7.25. The van der Waals surface area contributed by atoms with Crippen LogP contribution < -0.4 is 5.32 Å². The Morgan fingerprint density at radius 1 is 1.17 bits per heavy atom. The number of rotatable bonds is 4. The van der Waals surface area contributed by atoms with Gasteiger partial charge in [-0.1, -0.05) is 23.7 Å². The molecule has 0 spiro atoms. The van der Waals surface area contributed by atoms with Crippen LogP contribution in [0.25, 0.3) is 0 Å². The van der Waals surface area contributed by atoms with Gasteiger partial charge in [0.2, 0.25) is 0 Å². The fraction of sp³-hybridized carbons (Fsp3) is 0.357. The van der Waals surface area contributed by atoms with Crippen molar-refractivity contribution < 1.29 is 0 Å². The minimum Gasteiger partial charge on any atom is -0.303 e. The van der Waals surface area contributed by atoms with E-state index in [1.54, 1.807) is 11.3 Å². The summed E-state index contributed by atoms with van der Waals surface area (Å²) >= 11 is 7.60. The molecule has 0 bridgehead atoms. The van der Waals surface area contributed by atoms with Crippen LogP contribution in [0.15, 0.2) is 29.8 Å². The van der Waals surface area contributed by atoms with Crippen molar-refractivity contribution in [3.05, 3.63) is 50.9 Å². The first-order chi connectivity index (χ1) is 8.58. The largest absolute Gasteiger partial charge is 0.303 e. The molecule has 0 aliphatic rings. The predicted octanol–water partition coefficient (Wildman–Crippen LogP) is 4.52. The molecule has 1 aromatic heterocycles. The molecule has 0 aliphatic carbocycles. The van der Waals surface area contributed by atoms with E-state index in [4.69, 9.17) is 11.6 Å². The zero-order valence-corrected chi connectivity index (χ0v) is 12.3. The van der Waals surface area contributed by atoms with E-state index in [0.717, 1.165) is 10.7 Å². The normalized spacial score (nSPS) is 14.4. The molecule has 0 aliphatic heterocycles. The SMILES string of the molecule is Cc1ncsc1C(C)N[C@@H](C)c1ccc(Cl)cc1. The average molecular weight is 281 g/mol. The van der Waals surface area contributed by atoms with Crippen molar-refractivity contribution in [3.8, 4) is 0 Å². The smallest absolute Gasteiger partial charge is 0.0798 e. The third kappa shape index (κ3) is 3.10.